The van der Waals surface area contributed by atoms with Gasteiger partial charge >= 0.3 is 0 Å². The Hall–Kier alpha value is -1.00. The summed E-state index contributed by atoms with van der Waals surface area (Å²) in [6, 6.07) is 0. The normalized spacial score (nSPS) is 16.8. The quantitative estimate of drug-likeness (QED) is 0.907. The van der Waals surface area contributed by atoms with Gasteiger partial charge in [-0.1, -0.05) is 27.7 Å². The first-order chi connectivity index (χ1) is 9.04. The van der Waals surface area contributed by atoms with Crippen LogP contribution in [0, 0.1) is 5.92 Å². The minimum atomic E-state index is -0.0234. The number of nitrogens with one attached hydrogen (secondary N) is 1. The molecule has 0 aromatic carbocycles. The van der Waals surface area contributed by atoms with Crippen molar-refractivity contribution in [1.29, 1.82) is 0 Å². The molecule has 0 fully saturated rings. The molecule has 1 unspecified atom stereocenters. The summed E-state index contributed by atoms with van der Waals surface area (Å²) in [7, 11) is 1.74. The molecule has 0 radical (unpaired) electrons. The van der Waals surface area contributed by atoms with Gasteiger partial charge in [-0.15, -0.1) is 0 Å². The first-order valence-electron chi connectivity index (χ1n) is 7.17. The summed E-state index contributed by atoms with van der Waals surface area (Å²) in [6.45, 7) is 10.6. The first-order valence-corrected chi connectivity index (χ1v) is 7.17. The van der Waals surface area contributed by atoms with Crippen molar-refractivity contribution in [3.05, 3.63) is 22.8 Å². The van der Waals surface area contributed by atoms with E-state index in [1.54, 1.807) is 7.11 Å². The van der Waals surface area contributed by atoms with Gasteiger partial charge in [0, 0.05) is 13.7 Å². The fourth-order valence-corrected chi connectivity index (χ4v) is 2.69. The Morgan fingerprint density at radius 1 is 1.16 bits per heavy atom. The Morgan fingerprint density at radius 3 is 2.47 bits per heavy atom. The number of aromatic nitrogens is 2. The monoisotopic (exact) mass is 263 g/mol. The molecule has 0 bridgehead atoms. The van der Waals surface area contributed by atoms with Crippen LogP contribution in [-0.4, -0.2) is 23.6 Å². The van der Waals surface area contributed by atoms with Gasteiger partial charge in [0.1, 0.15) is 6.10 Å². The molecule has 0 saturated carbocycles. The number of hydrogen-bond acceptors (Lipinski definition) is 4. The van der Waals surface area contributed by atoms with Crippen molar-refractivity contribution in [3.8, 4) is 0 Å². The molecular formula is C15H25N3O. The van der Waals surface area contributed by atoms with Crippen LogP contribution in [0.4, 0.5) is 0 Å². The molecule has 4 heteroatoms. The molecule has 0 amide bonds. The fourth-order valence-electron chi connectivity index (χ4n) is 2.69. The van der Waals surface area contributed by atoms with E-state index in [0.29, 0.717) is 11.8 Å². The maximum atomic E-state index is 5.58. The number of ether oxygens (including phenoxy) is 1. The van der Waals surface area contributed by atoms with Crippen molar-refractivity contribution in [1.82, 2.24) is 15.3 Å². The lowest BCUT2D eigenvalue weighted by Gasteiger charge is -2.25. The molecule has 1 atom stereocenters. The number of nitrogens with zero attached hydrogens (tertiary/aromatic N) is 2. The van der Waals surface area contributed by atoms with E-state index in [2.05, 4.69) is 33.0 Å². The molecule has 2 rings (SSSR count). The maximum absolute atomic E-state index is 5.58. The predicted octanol–water partition coefficient (Wildman–Crippen LogP) is 2.59. The van der Waals surface area contributed by atoms with Crippen LogP contribution in [-0.2, 0) is 17.7 Å². The van der Waals surface area contributed by atoms with E-state index < -0.39 is 0 Å². The molecule has 0 saturated heterocycles. The lowest BCUT2D eigenvalue weighted by molar-refractivity contribution is 0.0569. The summed E-state index contributed by atoms with van der Waals surface area (Å²) in [5.41, 5.74) is 3.70. The molecule has 1 N–H and O–H groups in total. The first kappa shape index (κ1) is 14.4. The summed E-state index contributed by atoms with van der Waals surface area (Å²) >= 11 is 0. The minimum absolute atomic E-state index is 0.0234. The van der Waals surface area contributed by atoms with Gasteiger partial charge in [-0.3, -0.25) is 0 Å². The summed E-state index contributed by atoms with van der Waals surface area (Å²) in [6.07, 6.45) is 1.01. The van der Waals surface area contributed by atoms with Gasteiger partial charge in [-0.05, 0) is 30.4 Å². The zero-order valence-electron chi connectivity index (χ0n) is 12.7. The van der Waals surface area contributed by atoms with Gasteiger partial charge in [-0.2, -0.15) is 0 Å². The molecule has 19 heavy (non-hydrogen) atoms. The largest absolute Gasteiger partial charge is 0.373 e. The van der Waals surface area contributed by atoms with Gasteiger partial charge < -0.3 is 10.1 Å². The summed E-state index contributed by atoms with van der Waals surface area (Å²) in [5.74, 6) is 1.64. The smallest absolute Gasteiger partial charge is 0.157 e. The van der Waals surface area contributed by atoms with Crippen LogP contribution in [0.1, 0.15) is 62.5 Å². The fraction of sp³-hybridized carbons (Fsp3) is 0.733. The highest BCUT2D eigenvalue weighted by atomic mass is 16.5. The molecular weight excluding hydrogens is 238 g/mol. The number of hydrogen-bond donors (Lipinski definition) is 1. The average molecular weight is 263 g/mol. The Bertz CT molecular complexity index is 443. The molecule has 106 valence electrons. The summed E-state index contributed by atoms with van der Waals surface area (Å²) in [5, 5.41) is 3.39. The number of methoxy groups -OCH3 is 1. The van der Waals surface area contributed by atoms with Crippen molar-refractivity contribution in [2.75, 3.05) is 13.7 Å². The van der Waals surface area contributed by atoms with Gasteiger partial charge in [0.2, 0.25) is 0 Å². The van der Waals surface area contributed by atoms with Gasteiger partial charge in [-0.25, -0.2) is 9.97 Å². The molecule has 2 heterocycles. The third-order valence-electron chi connectivity index (χ3n) is 3.65. The van der Waals surface area contributed by atoms with Crippen LogP contribution in [0.25, 0.3) is 0 Å². The van der Waals surface area contributed by atoms with Crippen molar-refractivity contribution >= 4 is 0 Å². The SMILES string of the molecule is COC(c1nc2c(c(C(C)C)n1)CCNC2)C(C)C. The third kappa shape index (κ3) is 2.95. The topological polar surface area (TPSA) is 47.0 Å². The van der Waals surface area contributed by atoms with Crippen molar-refractivity contribution < 1.29 is 4.74 Å². The van der Waals surface area contributed by atoms with Crippen molar-refractivity contribution in [2.24, 2.45) is 5.92 Å². The van der Waals surface area contributed by atoms with E-state index in [1.807, 2.05) is 0 Å². The van der Waals surface area contributed by atoms with Crippen LogP contribution in [0.5, 0.6) is 0 Å². The molecule has 1 aliphatic heterocycles. The average Bonchev–Trinajstić information content (AvgIpc) is 2.38. The second-order valence-corrected chi connectivity index (χ2v) is 5.87. The number of rotatable bonds is 4. The highest BCUT2D eigenvalue weighted by molar-refractivity contribution is 5.31. The van der Waals surface area contributed by atoms with E-state index in [1.165, 1.54) is 11.3 Å². The van der Waals surface area contributed by atoms with Crippen LogP contribution >= 0.6 is 0 Å². The zero-order chi connectivity index (χ0) is 14.0. The van der Waals surface area contributed by atoms with E-state index in [0.717, 1.165) is 31.0 Å². The summed E-state index contributed by atoms with van der Waals surface area (Å²) in [4.78, 5) is 9.56. The number of fused-ring (bicyclic) bond motifs is 1. The van der Waals surface area contributed by atoms with Crippen LogP contribution < -0.4 is 5.32 Å². The van der Waals surface area contributed by atoms with Gasteiger partial charge in [0.25, 0.3) is 0 Å². The Kier molecular flexibility index (Phi) is 4.53. The second-order valence-electron chi connectivity index (χ2n) is 5.87. The molecule has 0 spiro atoms. The molecule has 1 aromatic heterocycles. The van der Waals surface area contributed by atoms with Crippen LogP contribution in [0.3, 0.4) is 0 Å². The lowest BCUT2D eigenvalue weighted by atomic mass is 9.96. The third-order valence-corrected chi connectivity index (χ3v) is 3.65. The second kappa shape index (κ2) is 5.97. The standard InChI is InChI=1S/C15H25N3O/c1-9(2)13-11-6-7-16-8-12(11)17-15(18-13)14(19-5)10(3)4/h9-10,14,16H,6-8H2,1-5H3. The van der Waals surface area contributed by atoms with E-state index in [4.69, 9.17) is 14.7 Å². The molecule has 1 aromatic rings. The molecule has 0 aliphatic carbocycles. The van der Waals surface area contributed by atoms with Crippen LogP contribution in [0.15, 0.2) is 0 Å². The Morgan fingerprint density at radius 2 is 1.89 bits per heavy atom. The predicted molar refractivity (Wildman–Crippen MR) is 76.1 cm³/mol. The lowest BCUT2D eigenvalue weighted by Crippen LogP contribution is -2.28. The van der Waals surface area contributed by atoms with E-state index in [9.17, 15) is 0 Å². The highest BCUT2D eigenvalue weighted by Gasteiger charge is 2.24. The molecule has 4 nitrogen and oxygen atoms in total. The minimum Gasteiger partial charge on any atom is -0.373 e. The van der Waals surface area contributed by atoms with Gasteiger partial charge in [0.05, 0.1) is 11.4 Å². The van der Waals surface area contributed by atoms with Crippen LogP contribution in [0.2, 0.25) is 0 Å². The highest BCUT2D eigenvalue weighted by Crippen LogP contribution is 2.28. The van der Waals surface area contributed by atoms with Crippen molar-refractivity contribution in [3.63, 3.8) is 0 Å². The summed E-state index contributed by atoms with van der Waals surface area (Å²) < 4.78 is 5.58. The Balaban J connectivity index is 2.48. The molecule has 1 aliphatic rings. The van der Waals surface area contributed by atoms with E-state index >= 15 is 0 Å². The van der Waals surface area contributed by atoms with Gasteiger partial charge in [0.15, 0.2) is 5.82 Å². The van der Waals surface area contributed by atoms with E-state index in [-0.39, 0.29) is 6.10 Å². The van der Waals surface area contributed by atoms with Crippen molar-refractivity contribution in [2.45, 2.75) is 52.7 Å². The Labute approximate surface area is 116 Å². The maximum Gasteiger partial charge on any atom is 0.157 e. The zero-order valence-corrected chi connectivity index (χ0v) is 12.7.